The van der Waals surface area contributed by atoms with Gasteiger partial charge in [0, 0.05) is 10.9 Å². The maximum Gasteiger partial charge on any atom is 0.185 e. The van der Waals surface area contributed by atoms with Crippen LogP contribution >= 0.6 is 15.9 Å². The first-order valence-electron chi connectivity index (χ1n) is 5.04. The first-order valence-corrected chi connectivity index (χ1v) is 5.83. The van der Waals surface area contributed by atoms with E-state index in [9.17, 15) is 9.18 Å². The highest BCUT2D eigenvalue weighted by Gasteiger charge is 2.08. The molecule has 2 aromatic rings. The van der Waals surface area contributed by atoms with E-state index in [2.05, 4.69) is 20.9 Å². The van der Waals surface area contributed by atoms with E-state index in [4.69, 9.17) is 0 Å². The maximum atomic E-state index is 12.6. The van der Waals surface area contributed by atoms with E-state index in [0.29, 0.717) is 0 Å². The number of nitrogens with zero attached hydrogens (tertiary/aromatic N) is 1. The summed E-state index contributed by atoms with van der Waals surface area (Å²) in [4.78, 5) is 15.6. The lowest BCUT2D eigenvalue weighted by Gasteiger charge is -2.01. The summed E-state index contributed by atoms with van der Waals surface area (Å²) in [6, 6.07) is 10.1. The normalized spacial score (nSPS) is 10.2. The molecule has 0 unspecified atom stereocenters. The Balaban J connectivity index is 2.11. The molecule has 0 bridgehead atoms. The van der Waals surface area contributed by atoms with Crippen molar-refractivity contribution in [3.63, 3.8) is 0 Å². The highest BCUT2D eigenvalue weighted by Crippen LogP contribution is 2.12. The molecule has 1 aromatic heterocycles. The van der Waals surface area contributed by atoms with Gasteiger partial charge in [-0.3, -0.25) is 9.78 Å². The van der Waals surface area contributed by atoms with Crippen LogP contribution in [0.2, 0.25) is 0 Å². The van der Waals surface area contributed by atoms with Crippen LogP contribution in [0.5, 0.6) is 0 Å². The first-order chi connectivity index (χ1) is 8.15. The number of aromatic nitrogens is 1. The number of hydrogen-bond donors (Lipinski definition) is 0. The molecule has 2 nitrogen and oxygen atoms in total. The monoisotopic (exact) mass is 293 g/mol. The molecule has 0 spiro atoms. The van der Waals surface area contributed by atoms with Crippen LogP contribution in [0.15, 0.2) is 47.1 Å². The zero-order chi connectivity index (χ0) is 12.3. The molecule has 0 fully saturated rings. The van der Waals surface area contributed by atoms with Crippen molar-refractivity contribution < 1.29 is 9.18 Å². The summed E-state index contributed by atoms with van der Waals surface area (Å²) in [5, 5.41) is 0. The van der Waals surface area contributed by atoms with Crippen LogP contribution in [0, 0.1) is 5.82 Å². The van der Waals surface area contributed by atoms with Gasteiger partial charge in [0.1, 0.15) is 11.5 Å². The molecule has 0 aliphatic heterocycles. The third kappa shape index (κ3) is 3.20. The zero-order valence-electron chi connectivity index (χ0n) is 8.86. The lowest BCUT2D eigenvalue weighted by atomic mass is 10.1. The highest BCUT2D eigenvalue weighted by atomic mass is 79.9. The van der Waals surface area contributed by atoms with Crippen molar-refractivity contribution in [3.8, 4) is 0 Å². The van der Waals surface area contributed by atoms with Gasteiger partial charge in [-0.2, -0.15) is 0 Å². The fourth-order valence-electron chi connectivity index (χ4n) is 1.42. The fraction of sp³-hybridized carbons (Fsp3) is 0.0769. The van der Waals surface area contributed by atoms with E-state index in [1.807, 2.05) is 24.3 Å². The second-order valence-corrected chi connectivity index (χ2v) is 4.50. The molecule has 17 heavy (non-hydrogen) atoms. The van der Waals surface area contributed by atoms with Crippen molar-refractivity contribution in [1.82, 2.24) is 4.98 Å². The minimum Gasteiger partial charge on any atom is -0.292 e. The van der Waals surface area contributed by atoms with Gasteiger partial charge in [-0.25, -0.2) is 4.39 Å². The van der Waals surface area contributed by atoms with Crippen LogP contribution in [0.3, 0.4) is 0 Å². The molecule has 86 valence electrons. The number of pyridine rings is 1. The largest absolute Gasteiger partial charge is 0.292 e. The topological polar surface area (TPSA) is 30.0 Å². The second-order valence-electron chi connectivity index (χ2n) is 3.59. The predicted octanol–water partition coefficient (Wildman–Crippen LogP) is 3.41. The zero-order valence-corrected chi connectivity index (χ0v) is 10.4. The van der Waals surface area contributed by atoms with Gasteiger partial charge in [0.2, 0.25) is 0 Å². The SMILES string of the molecule is O=C(Cc1ccc(Br)cc1)c1ccc(F)cn1. The van der Waals surface area contributed by atoms with Crippen LogP contribution in [0.1, 0.15) is 16.1 Å². The van der Waals surface area contributed by atoms with Gasteiger partial charge in [0.05, 0.1) is 6.20 Å². The summed E-state index contributed by atoms with van der Waals surface area (Å²) in [6.45, 7) is 0. The van der Waals surface area contributed by atoms with Gasteiger partial charge in [-0.1, -0.05) is 28.1 Å². The van der Waals surface area contributed by atoms with Crippen LogP contribution in [0.25, 0.3) is 0 Å². The minimum atomic E-state index is -0.440. The Kier molecular flexibility index (Phi) is 3.64. The quantitative estimate of drug-likeness (QED) is 0.812. The summed E-state index contributed by atoms with van der Waals surface area (Å²) >= 11 is 3.33. The molecule has 0 aliphatic rings. The third-order valence-corrected chi connectivity index (χ3v) is 2.82. The molecule has 0 amide bonds. The number of carbonyl (C=O) groups is 1. The average Bonchev–Trinajstić information content (AvgIpc) is 2.33. The summed E-state index contributed by atoms with van der Waals surface area (Å²) in [6.07, 6.45) is 1.32. The van der Waals surface area contributed by atoms with E-state index in [-0.39, 0.29) is 17.9 Å². The summed E-state index contributed by atoms with van der Waals surface area (Å²) in [7, 11) is 0. The molecule has 0 radical (unpaired) electrons. The Morgan fingerprint density at radius 2 is 1.88 bits per heavy atom. The third-order valence-electron chi connectivity index (χ3n) is 2.29. The lowest BCUT2D eigenvalue weighted by molar-refractivity contribution is 0.0988. The molecule has 1 heterocycles. The molecular formula is C13H9BrFNO. The number of ketones is 1. The molecule has 0 aliphatic carbocycles. The number of halogens is 2. The summed E-state index contributed by atoms with van der Waals surface area (Å²) in [5.41, 5.74) is 1.19. The summed E-state index contributed by atoms with van der Waals surface area (Å²) in [5.74, 6) is -0.558. The van der Waals surface area contributed by atoms with Gasteiger partial charge < -0.3 is 0 Å². The molecule has 1 aromatic carbocycles. The fourth-order valence-corrected chi connectivity index (χ4v) is 1.68. The van der Waals surface area contributed by atoms with Crippen molar-refractivity contribution in [2.45, 2.75) is 6.42 Å². The lowest BCUT2D eigenvalue weighted by Crippen LogP contribution is -2.05. The molecule has 2 rings (SSSR count). The number of benzene rings is 1. The van der Waals surface area contributed by atoms with Crippen molar-refractivity contribution in [2.24, 2.45) is 0 Å². The van der Waals surface area contributed by atoms with Gasteiger partial charge >= 0.3 is 0 Å². The van der Waals surface area contributed by atoms with Crippen LogP contribution < -0.4 is 0 Å². The van der Waals surface area contributed by atoms with Gasteiger partial charge in [0.15, 0.2) is 5.78 Å². The van der Waals surface area contributed by atoms with Crippen molar-refractivity contribution in [2.75, 3.05) is 0 Å². The maximum absolute atomic E-state index is 12.6. The predicted molar refractivity (Wildman–Crippen MR) is 66.4 cm³/mol. The molecule has 0 atom stereocenters. The van der Waals surface area contributed by atoms with Gasteiger partial charge in [-0.05, 0) is 29.8 Å². The van der Waals surface area contributed by atoms with E-state index in [1.165, 1.54) is 12.1 Å². The Hall–Kier alpha value is -1.55. The Labute approximate surface area is 107 Å². The van der Waals surface area contributed by atoms with E-state index >= 15 is 0 Å². The molecular weight excluding hydrogens is 285 g/mol. The number of carbonyl (C=O) groups excluding carboxylic acids is 1. The standard InChI is InChI=1S/C13H9BrFNO/c14-10-3-1-9(2-4-10)7-13(17)12-6-5-11(15)8-16-12/h1-6,8H,7H2. The second kappa shape index (κ2) is 5.19. The minimum absolute atomic E-state index is 0.118. The number of hydrogen-bond acceptors (Lipinski definition) is 2. The van der Waals surface area contributed by atoms with E-state index in [1.54, 1.807) is 0 Å². The Bertz CT molecular complexity index is 522. The molecule has 0 saturated carbocycles. The average molecular weight is 294 g/mol. The molecule has 4 heteroatoms. The number of rotatable bonds is 3. The summed E-state index contributed by atoms with van der Waals surface area (Å²) < 4.78 is 13.6. The Morgan fingerprint density at radius 3 is 2.47 bits per heavy atom. The molecule has 0 saturated heterocycles. The highest BCUT2D eigenvalue weighted by molar-refractivity contribution is 9.10. The van der Waals surface area contributed by atoms with Crippen molar-refractivity contribution in [1.29, 1.82) is 0 Å². The van der Waals surface area contributed by atoms with E-state index in [0.717, 1.165) is 16.2 Å². The molecule has 0 N–H and O–H groups in total. The van der Waals surface area contributed by atoms with Crippen LogP contribution in [0.4, 0.5) is 4.39 Å². The van der Waals surface area contributed by atoms with Gasteiger partial charge in [0.25, 0.3) is 0 Å². The Morgan fingerprint density at radius 1 is 1.18 bits per heavy atom. The van der Waals surface area contributed by atoms with Crippen molar-refractivity contribution >= 4 is 21.7 Å². The van der Waals surface area contributed by atoms with E-state index < -0.39 is 5.82 Å². The van der Waals surface area contributed by atoms with Crippen molar-refractivity contribution in [3.05, 3.63) is 64.1 Å². The van der Waals surface area contributed by atoms with Crippen LogP contribution in [-0.4, -0.2) is 10.8 Å². The number of Topliss-reactive ketones (excluding diaryl/α,β-unsaturated/α-hetero) is 1. The first kappa shape index (κ1) is 11.9. The van der Waals surface area contributed by atoms with Crippen LogP contribution in [-0.2, 0) is 6.42 Å². The smallest absolute Gasteiger partial charge is 0.185 e. The van der Waals surface area contributed by atoms with Gasteiger partial charge in [-0.15, -0.1) is 0 Å².